The number of hydrogen-bond donors (Lipinski definition) is 2. The van der Waals surface area contributed by atoms with Gasteiger partial charge < -0.3 is 20.5 Å². The van der Waals surface area contributed by atoms with Crippen molar-refractivity contribution in [2.75, 3.05) is 30.8 Å². The SMILES string of the molecule is CCOC(=O)c1cc(NCCC2CCCCO2)ccc1N. The quantitative estimate of drug-likeness (QED) is 0.623. The third-order valence-electron chi connectivity index (χ3n) is 3.62. The summed E-state index contributed by atoms with van der Waals surface area (Å²) in [6, 6.07) is 5.35. The van der Waals surface area contributed by atoms with Crippen LogP contribution >= 0.6 is 0 Å². The number of carbonyl (C=O) groups excluding carboxylic acids is 1. The second-order valence-electron chi connectivity index (χ2n) is 5.23. The minimum absolute atomic E-state index is 0.342. The van der Waals surface area contributed by atoms with Gasteiger partial charge in [0.2, 0.25) is 0 Å². The van der Waals surface area contributed by atoms with Crippen LogP contribution < -0.4 is 11.1 Å². The van der Waals surface area contributed by atoms with E-state index in [4.69, 9.17) is 15.2 Å². The molecule has 2 rings (SSSR count). The summed E-state index contributed by atoms with van der Waals surface area (Å²) in [5.74, 6) is -0.380. The smallest absolute Gasteiger partial charge is 0.340 e. The van der Waals surface area contributed by atoms with Crippen molar-refractivity contribution in [1.29, 1.82) is 0 Å². The Morgan fingerprint density at radius 1 is 1.48 bits per heavy atom. The summed E-state index contributed by atoms with van der Waals surface area (Å²) >= 11 is 0. The average Bonchev–Trinajstić information content (AvgIpc) is 2.50. The van der Waals surface area contributed by atoms with Crippen molar-refractivity contribution in [3.8, 4) is 0 Å². The minimum atomic E-state index is -0.380. The summed E-state index contributed by atoms with van der Waals surface area (Å²) in [6.45, 7) is 3.81. The van der Waals surface area contributed by atoms with Gasteiger partial charge in [-0.3, -0.25) is 0 Å². The molecular weight excluding hydrogens is 268 g/mol. The maximum Gasteiger partial charge on any atom is 0.340 e. The molecule has 3 N–H and O–H groups in total. The highest BCUT2D eigenvalue weighted by Crippen LogP contribution is 2.20. The van der Waals surface area contributed by atoms with Crippen LogP contribution in [0.3, 0.4) is 0 Å². The molecule has 5 heteroatoms. The Hall–Kier alpha value is -1.75. The van der Waals surface area contributed by atoms with Crippen LogP contribution in [0.5, 0.6) is 0 Å². The number of hydrogen-bond acceptors (Lipinski definition) is 5. The molecule has 0 bridgehead atoms. The van der Waals surface area contributed by atoms with E-state index in [1.54, 1.807) is 19.1 Å². The standard InChI is InChI=1S/C16H24N2O3/c1-2-20-16(19)14-11-12(6-7-15(14)17)18-9-8-13-5-3-4-10-21-13/h6-7,11,13,18H,2-5,8-10,17H2,1H3. The number of nitrogens with two attached hydrogens (primary N) is 1. The van der Waals surface area contributed by atoms with Crippen molar-refractivity contribution in [3.05, 3.63) is 23.8 Å². The summed E-state index contributed by atoms with van der Waals surface area (Å²) in [5, 5.41) is 3.31. The number of ether oxygens (including phenoxy) is 2. The lowest BCUT2D eigenvalue weighted by atomic mass is 10.1. The lowest BCUT2D eigenvalue weighted by Gasteiger charge is -2.22. The summed E-state index contributed by atoms with van der Waals surface area (Å²) in [7, 11) is 0. The van der Waals surface area contributed by atoms with Crippen molar-refractivity contribution >= 4 is 17.3 Å². The Morgan fingerprint density at radius 3 is 3.05 bits per heavy atom. The van der Waals surface area contributed by atoms with Gasteiger partial charge in [-0.1, -0.05) is 0 Å². The number of carbonyl (C=O) groups is 1. The van der Waals surface area contributed by atoms with E-state index in [9.17, 15) is 4.79 Å². The van der Waals surface area contributed by atoms with E-state index in [0.717, 1.165) is 31.7 Å². The molecule has 0 saturated carbocycles. The van der Waals surface area contributed by atoms with Crippen LogP contribution in [0.2, 0.25) is 0 Å². The predicted octanol–water partition coefficient (Wildman–Crippen LogP) is 2.82. The van der Waals surface area contributed by atoms with E-state index in [2.05, 4.69) is 5.32 Å². The molecule has 1 aromatic carbocycles. The Balaban J connectivity index is 1.88. The van der Waals surface area contributed by atoms with Crippen LogP contribution in [-0.4, -0.2) is 31.8 Å². The molecule has 1 aliphatic heterocycles. The second-order valence-corrected chi connectivity index (χ2v) is 5.23. The average molecular weight is 292 g/mol. The zero-order valence-electron chi connectivity index (χ0n) is 12.6. The van der Waals surface area contributed by atoms with Crippen LogP contribution in [0.15, 0.2) is 18.2 Å². The monoisotopic (exact) mass is 292 g/mol. The molecule has 1 fully saturated rings. The molecule has 21 heavy (non-hydrogen) atoms. The molecule has 116 valence electrons. The third kappa shape index (κ3) is 4.63. The fourth-order valence-electron chi connectivity index (χ4n) is 2.46. The summed E-state index contributed by atoms with van der Waals surface area (Å²) in [5.41, 5.74) is 7.55. The fraction of sp³-hybridized carbons (Fsp3) is 0.562. The normalized spacial score (nSPS) is 18.2. The van der Waals surface area contributed by atoms with E-state index in [-0.39, 0.29) is 5.97 Å². The number of nitrogens with one attached hydrogen (secondary N) is 1. The molecule has 0 aromatic heterocycles. The molecule has 1 atom stereocenters. The van der Waals surface area contributed by atoms with Gasteiger partial charge in [0.05, 0.1) is 18.3 Å². The van der Waals surface area contributed by atoms with Crippen molar-refractivity contribution in [2.45, 2.75) is 38.7 Å². The highest BCUT2D eigenvalue weighted by atomic mass is 16.5. The molecule has 1 heterocycles. The van der Waals surface area contributed by atoms with Gasteiger partial charge in [-0.25, -0.2) is 4.79 Å². The zero-order chi connectivity index (χ0) is 15.1. The molecule has 1 saturated heterocycles. The molecule has 5 nitrogen and oxygen atoms in total. The van der Waals surface area contributed by atoms with E-state index < -0.39 is 0 Å². The lowest BCUT2D eigenvalue weighted by molar-refractivity contribution is 0.0134. The minimum Gasteiger partial charge on any atom is -0.462 e. The zero-order valence-corrected chi connectivity index (χ0v) is 12.6. The summed E-state index contributed by atoms with van der Waals surface area (Å²) in [4.78, 5) is 11.8. The number of esters is 1. The largest absolute Gasteiger partial charge is 0.462 e. The second kappa shape index (κ2) is 7.88. The lowest BCUT2D eigenvalue weighted by Crippen LogP contribution is -2.22. The first kappa shape index (κ1) is 15.6. The van der Waals surface area contributed by atoms with E-state index in [0.29, 0.717) is 24.0 Å². The Kier molecular flexibility index (Phi) is 5.87. The van der Waals surface area contributed by atoms with Gasteiger partial charge in [-0.05, 0) is 50.8 Å². The van der Waals surface area contributed by atoms with Gasteiger partial charge in [-0.15, -0.1) is 0 Å². The van der Waals surface area contributed by atoms with Gasteiger partial charge >= 0.3 is 5.97 Å². The van der Waals surface area contributed by atoms with Gasteiger partial charge in [0.25, 0.3) is 0 Å². The predicted molar refractivity (Wildman–Crippen MR) is 83.5 cm³/mol. The van der Waals surface area contributed by atoms with Crippen LogP contribution in [-0.2, 0) is 9.47 Å². The highest BCUT2D eigenvalue weighted by Gasteiger charge is 2.14. The molecule has 0 spiro atoms. The number of nitrogen functional groups attached to an aromatic ring is 1. The van der Waals surface area contributed by atoms with E-state index >= 15 is 0 Å². The molecule has 0 radical (unpaired) electrons. The molecule has 0 amide bonds. The Labute approximate surface area is 125 Å². The van der Waals surface area contributed by atoms with E-state index in [1.807, 2.05) is 6.07 Å². The first-order valence-corrected chi connectivity index (χ1v) is 7.63. The van der Waals surface area contributed by atoms with Crippen molar-refractivity contribution < 1.29 is 14.3 Å². The topological polar surface area (TPSA) is 73.6 Å². The number of rotatable bonds is 6. The first-order chi connectivity index (χ1) is 10.2. The Bertz CT molecular complexity index is 471. The third-order valence-corrected chi connectivity index (χ3v) is 3.62. The highest BCUT2D eigenvalue weighted by molar-refractivity contribution is 5.96. The maximum absolute atomic E-state index is 11.8. The van der Waals surface area contributed by atoms with Gasteiger partial charge in [0, 0.05) is 24.5 Å². The number of anilines is 2. The van der Waals surface area contributed by atoms with Crippen LogP contribution in [0.4, 0.5) is 11.4 Å². The molecule has 1 aliphatic rings. The summed E-state index contributed by atoms with van der Waals surface area (Å²) < 4.78 is 10.7. The van der Waals surface area contributed by atoms with Crippen molar-refractivity contribution in [3.63, 3.8) is 0 Å². The van der Waals surface area contributed by atoms with Gasteiger partial charge in [0.15, 0.2) is 0 Å². The Morgan fingerprint density at radius 2 is 2.33 bits per heavy atom. The van der Waals surface area contributed by atoms with Crippen LogP contribution in [0, 0.1) is 0 Å². The number of benzene rings is 1. The molecule has 1 unspecified atom stereocenters. The fourth-order valence-corrected chi connectivity index (χ4v) is 2.46. The van der Waals surface area contributed by atoms with E-state index in [1.165, 1.54) is 12.8 Å². The molecule has 0 aliphatic carbocycles. The molecule has 1 aromatic rings. The maximum atomic E-state index is 11.8. The van der Waals surface area contributed by atoms with Crippen molar-refractivity contribution in [2.24, 2.45) is 0 Å². The van der Waals surface area contributed by atoms with Gasteiger partial charge in [0.1, 0.15) is 0 Å². The van der Waals surface area contributed by atoms with Crippen LogP contribution in [0.1, 0.15) is 43.0 Å². The van der Waals surface area contributed by atoms with Gasteiger partial charge in [-0.2, -0.15) is 0 Å². The summed E-state index contributed by atoms with van der Waals surface area (Å²) in [6.07, 6.45) is 4.88. The molecular formula is C16H24N2O3. The van der Waals surface area contributed by atoms with Crippen molar-refractivity contribution in [1.82, 2.24) is 0 Å². The first-order valence-electron chi connectivity index (χ1n) is 7.63. The van der Waals surface area contributed by atoms with Crippen LogP contribution in [0.25, 0.3) is 0 Å².